The average Bonchev–Trinajstić information content (AvgIpc) is 2.56. The van der Waals surface area contributed by atoms with Gasteiger partial charge in [-0.2, -0.15) is 0 Å². The topological polar surface area (TPSA) is 18.5 Å². The molecule has 0 radical (unpaired) electrons. The Morgan fingerprint density at radius 2 is 1.04 bits per heavy atom. The summed E-state index contributed by atoms with van der Waals surface area (Å²) < 4.78 is 11.2. The van der Waals surface area contributed by atoms with Crippen molar-refractivity contribution < 1.29 is 9.47 Å². The number of benzene rings is 2. The number of halogens is 4. The number of hydrogen-bond donors (Lipinski definition) is 0. The van der Waals surface area contributed by atoms with Crippen LogP contribution in [0.2, 0.25) is 20.1 Å². The summed E-state index contributed by atoms with van der Waals surface area (Å²) in [6.07, 6.45) is 0. The molecule has 0 saturated heterocycles. The van der Waals surface area contributed by atoms with Crippen LogP contribution >= 0.6 is 58.2 Å². The van der Waals surface area contributed by atoms with Crippen LogP contribution in [-0.2, 0) is 0 Å². The highest BCUT2D eigenvalue weighted by atomic mass is 35.5. The first kappa shape index (κ1) is 22.3. The van der Waals surface area contributed by atoms with E-state index in [9.17, 15) is 0 Å². The zero-order chi connectivity index (χ0) is 20.1. The van der Waals surface area contributed by atoms with Gasteiger partial charge < -0.3 is 9.47 Å². The van der Waals surface area contributed by atoms with E-state index in [2.05, 4.69) is 13.2 Å². The Morgan fingerprint density at radius 1 is 0.741 bits per heavy atom. The molecule has 0 fully saturated rings. The van der Waals surface area contributed by atoms with Crippen molar-refractivity contribution in [2.45, 2.75) is 23.6 Å². The normalized spacial score (nSPS) is 10.6. The van der Waals surface area contributed by atoms with Crippen LogP contribution < -0.4 is 9.47 Å². The lowest BCUT2D eigenvalue weighted by Gasteiger charge is -2.14. The fourth-order valence-electron chi connectivity index (χ4n) is 1.95. The van der Waals surface area contributed by atoms with Crippen molar-refractivity contribution in [3.8, 4) is 11.5 Å². The Bertz CT molecular complexity index is 763. The van der Waals surface area contributed by atoms with Gasteiger partial charge in [-0.3, -0.25) is 0 Å². The molecule has 27 heavy (non-hydrogen) atoms. The molecule has 0 N–H and O–H groups in total. The third-order valence-corrected chi connectivity index (χ3v) is 6.05. The molecule has 2 aromatic rings. The fraction of sp³-hybridized carbons (Fsp3) is 0.200. The van der Waals surface area contributed by atoms with E-state index in [1.807, 2.05) is 13.8 Å². The summed E-state index contributed by atoms with van der Waals surface area (Å²) in [5, 5.41) is 1.77. The first-order valence-corrected chi connectivity index (χ1v) is 10.2. The molecule has 7 heteroatoms. The molecule has 2 aromatic carbocycles. The Morgan fingerprint density at radius 3 is 1.30 bits per heavy atom. The first-order valence-electron chi connectivity index (χ1n) is 7.87. The Labute approximate surface area is 184 Å². The van der Waals surface area contributed by atoms with Gasteiger partial charge in [0.2, 0.25) is 0 Å². The van der Waals surface area contributed by atoms with Gasteiger partial charge in [0.1, 0.15) is 24.7 Å². The minimum atomic E-state index is 0.391. The van der Waals surface area contributed by atoms with Crippen LogP contribution in [0, 0.1) is 0 Å². The zero-order valence-corrected chi connectivity index (χ0v) is 18.7. The van der Waals surface area contributed by atoms with Crippen molar-refractivity contribution in [2.24, 2.45) is 0 Å². The summed E-state index contributed by atoms with van der Waals surface area (Å²) in [5.41, 5.74) is 1.79. The Balaban J connectivity index is 2.26. The van der Waals surface area contributed by atoms with Crippen LogP contribution in [0.1, 0.15) is 13.8 Å². The molecule has 0 heterocycles. The lowest BCUT2D eigenvalue weighted by Crippen LogP contribution is -1.98. The van der Waals surface area contributed by atoms with Gasteiger partial charge in [0, 0.05) is 34.1 Å². The van der Waals surface area contributed by atoms with E-state index in [0.29, 0.717) is 54.6 Å². The second-order valence-electron chi connectivity index (χ2n) is 6.03. The average molecular weight is 464 g/mol. The molecule has 0 amide bonds. The van der Waals surface area contributed by atoms with Crippen LogP contribution in [-0.4, -0.2) is 13.2 Å². The zero-order valence-electron chi connectivity index (χ0n) is 14.9. The third kappa shape index (κ3) is 6.55. The van der Waals surface area contributed by atoms with Gasteiger partial charge in [0.25, 0.3) is 0 Å². The summed E-state index contributed by atoms with van der Waals surface area (Å²) >= 11 is 26.9. The monoisotopic (exact) mass is 462 g/mol. The minimum Gasteiger partial charge on any atom is -0.489 e. The largest absolute Gasteiger partial charge is 0.489 e. The molecule has 0 saturated carbocycles. The van der Waals surface area contributed by atoms with Gasteiger partial charge in [-0.05, 0) is 25.0 Å². The molecule has 0 bridgehead atoms. The van der Waals surface area contributed by atoms with Crippen molar-refractivity contribution in [3.63, 3.8) is 0 Å². The van der Waals surface area contributed by atoms with Crippen molar-refractivity contribution in [2.75, 3.05) is 13.2 Å². The van der Waals surface area contributed by atoms with Crippen LogP contribution in [0.4, 0.5) is 0 Å². The van der Waals surface area contributed by atoms with Crippen LogP contribution in [0.15, 0.2) is 58.4 Å². The molecule has 2 nitrogen and oxygen atoms in total. The maximum Gasteiger partial charge on any atom is 0.122 e. The molecule has 2 rings (SSSR count). The molecular weight excluding hydrogens is 446 g/mol. The molecule has 0 unspecified atom stereocenters. The number of hydrogen-bond acceptors (Lipinski definition) is 3. The van der Waals surface area contributed by atoms with E-state index in [-0.39, 0.29) is 0 Å². The Kier molecular flexibility index (Phi) is 8.26. The molecule has 0 aliphatic carbocycles. The predicted octanol–water partition coefficient (Wildman–Crippen LogP) is 8.36. The van der Waals surface area contributed by atoms with Gasteiger partial charge in [0.05, 0.1) is 20.1 Å². The van der Waals surface area contributed by atoms with E-state index in [4.69, 9.17) is 55.9 Å². The Hall–Kier alpha value is -0.970. The highest BCUT2D eigenvalue weighted by molar-refractivity contribution is 7.99. The molecule has 0 spiro atoms. The SMILES string of the molecule is C=C(C)COc1cc(Cl)c(Sc2c(Cl)cc(OCC(=C)C)cc2Cl)c(Cl)c1. The maximum absolute atomic E-state index is 6.39. The van der Waals surface area contributed by atoms with Crippen molar-refractivity contribution >= 4 is 58.2 Å². The molecule has 0 aromatic heterocycles. The van der Waals surface area contributed by atoms with Crippen molar-refractivity contribution in [1.29, 1.82) is 0 Å². The van der Waals surface area contributed by atoms with E-state index in [1.54, 1.807) is 24.3 Å². The fourth-order valence-corrected chi connectivity index (χ4v) is 4.18. The second kappa shape index (κ2) is 9.99. The number of rotatable bonds is 8. The molecule has 144 valence electrons. The predicted molar refractivity (Wildman–Crippen MR) is 118 cm³/mol. The molecule has 0 atom stereocenters. The summed E-state index contributed by atoms with van der Waals surface area (Å²) in [5.74, 6) is 1.14. The lowest BCUT2D eigenvalue weighted by molar-refractivity contribution is 0.352. The molecule has 0 aliphatic heterocycles. The standard InChI is InChI=1S/C20H18Cl4O2S/c1-11(2)9-25-13-5-15(21)19(16(22)6-13)27-20-17(23)7-14(8-18(20)24)26-10-12(3)4/h5-8H,1,3,9-10H2,2,4H3. The smallest absolute Gasteiger partial charge is 0.122 e. The summed E-state index contributed by atoms with van der Waals surface area (Å²) in [7, 11) is 0. The summed E-state index contributed by atoms with van der Waals surface area (Å²) in [6, 6.07) is 6.80. The van der Waals surface area contributed by atoms with Gasteiger partial charge in [0.15, 0.2) is 0 Å². The highest BCUT2D eigenvalue weighted by Gasteiger charge is 2.16. The van der Waals surface area contributed by atoms with E-state index >= 15 is 0 Å². The summed E-state index contributed by atoms with van der Waals surface area (Å²) in [4.78, 5) is 1.28. The van der Waals surface area contributed by atoms with Gasteiger partial charge in [-0.15, -0.1) is 0 Å². The lowest BCUT2D eigenvalue weighted by atomic mass is 10.3. The van der Waals surface area contributed by atoms with E-state index < -0.39 is 0 Å². The van der Waals surface area contributed by atoms with E-state index in [1.165, 1.54) is 11.8 Å². The first-order chi connectivity index (χ1) is 12.7. The maximum atomic E-state index is 6.39. The van der Waals surface area contributed by atoms with Gasteiger partial charge >= 0.3 is 0 Å². The molecule has 0 aliphatic rings. The van der Waals surface area contributed by atoms with Crippen LogP contribution in [0.3, 0.4) is 0 Å². The van der Waals surface area contributed by atoms with Crippen LogP contribution in [0.5, 0.6) is 11.5 Å². The quantitative estimate of drug-likeness (QED) is 0.366. The second-order valence-corrected chi connectivity index (χ2v) is 8.68. The van der Waals surface area contributed by atoms with Crippen molar-refractivity contribution in [3.05, 3.63) is 68.7 Å². The minimum absolute atomic E-state index is 0.391. The van der Waals surface area contributed by atoms with Gasteiger partial charge in [-0.1, -0.05) is 71.3 Å². The van der Waals surface area contributed by atoms with Crippen molar-refractivity contribution in [1.82, 2.24) is 0 Å². The van der Waals surface area contributed by atoms with Crippen LogP contribution in [0.25, 0.3) is 0 Å². The van der Waals surface area contributed by atoms with E-state index in [0.717, 1.165) is 11.1 Å². The summed E-state index contributed by atoms with van der Waals surface area (Å²) in [6.45, 7) is 12.1. The molecular formula is C20H18Cl4O2S. The number of ether oxygens (including phenoxy) is 2. The third-order valence-electron chi connectivity index (χ3n) is 3.12. The highest BCUT2D eigenvalue weighted by Crippen LogP contribution is 2.46. The van der Waals surface area contributed by atoms with Gasteiger partial charge in [-0.25, -0.2) is 0 Å².